The molecule has 0 aromatic rings. The van der Waals surface area contributed by atoms with E-state index in [1.165, 1.54) is 0 Å². The zero-order valence-corrected chi connectivity index (χ0v) is 43.9. The molecule has 1 saturated heterocycles. The van der Waals surface area contributed by atoms with Crippen LogP contribution in [-0.4, -0.2) is 87.8 Å². The third kappa shape index (κ3) is 12.2. The Morgan fingerprint density at radius 3 is 1.71 bits per heavy atom. The van der Waals surface area contributed by atoms with Gasteiger partial charge in [0.05, 0.1) is 17.3 Å². The molecule has 10 atom stereocenters. The van der Waals surface area contributed by atoms with Crippen molar-refractivity contribution in [1.29, 1.82) is 10.5 Å². The first-order valence-corrected chi connectivity index (χ1v) is 23.7. The molecule has 1 radical (unpaired) electrons. The first kappa shape index (κ1) is 61.9. The van der Waals surface area contributed by atoms with Gasteiger partial charge in [-0.1, -0.05) is 40.7 Å². The molecule has 1 fully saturated rings. The fourth-order valence-corrected chi connectivity index (χ4v) is 12.2. The molecule has 5 rings (SSSR count). The number of aliphatic imine (C=N–C) groups is 3. The van der Waals surface area contributed by atoms with E-state index in [-0.39, 0.29) is 93.4 Å². The predicted octanol–water partition coefficient (Wildman–Crippen LogP) is 2.71. The number of rotatable bonds is 20. The summed E-state index contributed by atoms with van der Waals surface area (Å²) < 4.78 is 0. The number of allylic oxidation sites excluding steroid dienone is 6. The van der Waals surface area contributed by atoms with Crippen molar-refractivity contribution < 1.29 is 55.4 Å². The van der Waals surface area contributed by atoms with Crippen LogP contribution in [0, 0.1) is 69.0 Å². The van der Waals surface area contributed by atoms with Crippen LogP contribution in [0.25, 0.3) is 5.32 Å². The number of hydrogen-bond acceptors (Lipinski definition) is 13. The topological polar surface area (TPSA) is 407 Å². The zero-order chi connectivity index (χ0) is 54.4. The van der Waals surface area contributed by atoms with Gasteiger partial charge < -0.3 is 73.8 Å². The quantitative estimate of drug-likeness (QED) is 0.0824. The van der Waals surface area contributed by atoms with Crippen molar-refractivity contribution >= 4 is 58.5 Å². The van der Waals surface area contributed by atoms with Crippen molar-refractivity contribution in [2.75, 3.05) is 6.54 Å². The average molecular weight is 1040 g/mol. The summed E-state index contributed by atoms with van der Waals surface area (Å²) in [7, 11) is 0. The summed E-state index contributed by atoms with van der Waals surface area (Å²) in [5.74, 6) is -6.42. The van der Waals surface area contributed by atoms with Crippen LogP contribution in [0.4, 0.5) is 0 Å². The van der Waals surface area contributed by atoms with E-state index < -0.39 is 98.5 Å². The molecule has 10 unspecified atom stereocenters. The van der Waals surface area contributed by atoms with E-state index in [1.807, 2.05) is 61.5 Å². The molecule has 0 aromatic carbocycles. The van der Waals surface area contributed by atoms with Gasteiger partial charge in [-0.15, -0.1) is 0 Å². The maximum atomic E-state index is 13.5. The summed E-state index contributed by atoms with van der Waals surface area (Å²) in [5.41, 5.74) is 34.4. The molecular weight excluding hydrogens is 970 g/mol. The second kappa shape index (κ2) is 24.0. The molecular formula is C50H72CoN13O8-3. The van der Waals surface area contributed by atoms with Crippen molar-refractivity contribution in [1.82, 2.24) is 5.32 Å². The second-order valence-electron chi connectivity index (χ2n) is 21.1. The summed E-state index contributed by atoms with van der Waals surface area (Å²) in [5, 5.41) is 30.8. The summed E-state index contributed by atoms with van der Waals surface area (Å²) >= 11 is 0. The maximum Gasteiger partial charge on any atom is 0.220 e. The molecule has 8 bridgehead atoms. The Kier molecular flexibility index (Phi) is 20.6. The third-order valence-corrected chi connectivity index (χ3v) is 16.0. The summed E-state index contributed by atoms with van der Waals surface area (Å²) in [6.07, 6.45) is 1.02. The monoisotopic (exact) mass is 1040 g/mol. The molecule has 0 aliphatic carbocycles. The van der Waals surface area contributed by atoms with E-state index in [4.69, 9.17) is 78.4 Å². The molecule has 5 aliphatic heterocycles. The van der Waals surface area contributed by atoms with E-state index in [9.17, 15) is 38.7 Å². The molecule has 5 aliphatic rings. The Bertz CT molecular complexity index is 2410. The number of hydrogen-bond donors (Lipinski definition) is 8. The maximum absolute atomic E-state index is 13.5. The molecule has 22 heteroatoms. The van der Waals surface area contributed by atoms with Crippen LogP contribution in [0.5, 0.6) is 0 Å². The fourth-order valence-electron chi connectivity index (χ4n) is 12.2. The molecule has 0 aromatic heterocycles. The molecule has 0 saturated carbocycles. The van der Waals surface area contributed by atoms with Crippen LogP contribution in [0.15, 0.2) is 49.3 Å². The largest absolute Gasteiger partial charge is 0.682 e. The normalized spacial score (nSPS) is 30.1. The zero-order valence-electron chi connectivity index (χ0n) is 42.8. The standard InChI is InChI=1S/C48H73N11O8.2CN.Co/c1-23(60)22-55-38(67)16-17-45(6)29(18-35(52)64)43-48(9)47(8,21-37(54)66)28(12-15-34(51)63)40(59-48)25(3)42-46(7,20-36(53)65)26(10-13-32(49)61)30(56-42)19-31-44(4,5)27(11-14-33(50)62)39(57-31)24(2)41(45)58-43;2*1-2;/h19,23,26-29,43,60H,10-18,20-22H2,1-9H3,(H14,49,50,51,52,53,54,55,56,57,58,59,61,62,63,64,65,66,67);;;/q;2*-1;/p-1. The SMILES string of the molecule is CC1=C2N=C(C=C3N=C(C(C)=C4[N-]C(C(CC(N)=O)C4(C)CCC(=O)NCC(C)O)C4(C)N=C1C(CCC(N)=O)C4(C)CC(N)=O)C(CCC(N)=O)C3(C)C)C(CCC(N)=O)C2(C)CC(N)=O.[C-]#N.[C-]#N.[Co]. The molecule has 5 heterocycles. The summed E-state index contributed by atoms with van der Waals surface area (Å²) in [6.45, 7) is 26.3. The Hall–Kier alpha value is -6.23. The van der Waals surface area contributed by atoms with Crippen molar-refractivity contribution in [2.45, 2.75) is 151 Å². The van der Waals surface area contributed by atoms with Gasteiger partial charge >= 0.3 is 0 Å². The predicted molar refractivity (Wildman–Crippen MR) is 264 cm³/mol. The van der Waals surface area contributed by atoms with Crippen LogP contribution in [0.2, 0.25) is 0 Å². The fraction of sp³-hybridized carbons (Fsp3) is 0.640. The number of primary amides is 6. The van der Waals surface area contributed by atoms with E-state index in [0.717, 1.165) is 0 Å². The van der Waals surface area contributed by atoms with Crippen molar-refractivity contribution in [3.63, 3.8) is 0 Å². The number of nitrogens with two attached hydrogens (primary N) is 6. The van der Waals surface area contributed by atoms with Crippen molar-refractivity contribution in [3.8, 4) is 0 Å². The number of carbonyl (C=O) groups excluding carboxylic acids is 7. The van der Waals surface area contributed by atoms with Gasteiger partial charge in [-0.3, -0.25) is 48.5 Å². The van der Waals surface area contributed by atoms with Crippen LogP contribution < -0.4 is 39.7 Å². The van der Waals surface area contributed by atoms with Crippen LogP contribution in [0.3, 0.4) is 0 Å². The molecule has 397 valence electrons. The number of aliphatic hydroxyl groups excluding tert-OH is 1. The number of nitrogens with one attached hydrogen (secondary N) is 1. The minimum atomic E-state index is -1.40. The van der Waals surface area contributed by atoms with Crippen molar-refractivity contribution in [2.24, 2.45) is 94.7 Å². The molecule has 14 N–H and O–H groups in total. The number of carbonyl (C=O) groups is 7. The molecule has 72 heavy (non-hydrogen) atoms. The van der Waals surface area contributed by atoms with Gasteiger partial charge in [0.1, 0.15) is 0 Å². The van der Waals surface area contributed by atoms with Gasteiger partial charge in [0.15, 0.2) is 0 Å². The van der Waals surface area contributed by atoms with Gasteiger partial charge in [0.2, 0.25) is 41.4 Å². The number of amides is 7. The van der Waals surface area contributed by atoms with Gasteiger partial charge in [-0.2, -0.15) is 5.70 Å². The van der Waals surface area contributed by atoms with E-state index in [0.29, 0.717) is 51.8 Å². The number of fused-ring (bicyclic) bond motifs is 6. The number of nitrogens with zero attached hydrogens (tertiary/aromatic N) is 6. The Labute approximate surface area is 432 Å². The van der Waals surface area contributed by atoms with Gasteiger partial charge in [0.25, 0.3) is 0 Å². The first-order valence-electron chi connectivity index (χ1n) is 23.7. The average Bonchev–Trinajstić information content (AvgIpc) is 3.88. The minimum absolute atomic E-state index is 0. The van der Waals surface area contributed by atoms with E-state index in [2.05, 4.69) is 5.32 Å². The Balaban J connectivity index is 0.00000346. The Morgan fingerprint density at radius 1 is 0.708 bits per heavy atom. The second-order valence-corrected chi connectivity index (χ2v) is 21.1. The minimum Gasteiger partial charge on any atom is -0.682 e. The van der Waals surface area contributed by atoms with Gasteiger partial charge in [-0.25, -0.2) is 0 Å². The summed E-state index contributed by atoms with van der Waals surface area (Å²) in [6, 6.07) is -0.923. The number of aliphatic hydroxyl groups is 1. The van der Waals surface area contributed by atoms with Crippen LogP contribution in [-0.2, 0) is 50.3 Å². The van der Waals surface area contributed by atoms with E-state index >= 15 is 0 Å². The summed E-state index contributed by atoms with van der Waals surface area (Å²) in [4.78, 5) is 108. The third-order valence-electron chi connectivity index (χ3n) is 16.0. The molecule has 0 spiro atoms. The Morgan fingerprint density at radius 2 is 1.22 bits per heavy atom. The first-order chi connectivity index (χ1) is 32.9. The van der Waals surface area contributed by atoms with Crippen molar-refractivity contribution in [3.05, 3.63) is 52.8 Å². The van der Waals surface area contributed by atoms with Gasteiger partial charge in [0, 0.05) is 125 Å². The smallest absolute Gasteiger partial charge is 0.220 e. The van der Waals surface area contributed by atoms with Crippen LogP contribution >= 0.6 is 0 Å². The van der Waals surface area contributed by atoms with E-state index in [1.54, 1.807) is 6.92 Å². The molecule has 7 amide bonds. The van der Waals surface area contributed by atoms with Gasteiger partial charge in [-0.05, 0) is 81.9 Å². The molecule has 21 nitrogen and oxygen atoms in total. The van der Waals surface area contributed by atoms with Crippen LogP contribution in [0.1, 0.15) is 133 Å².